The summed E-state index contributed by atoms with van der Waals surface area (Å²) in [7, 11) is -0.670. The van der Waals surface area contributed by atoms with Gasteiger partial charge >= 0.3 is 0 Å². The average Bonchev–Trinajstić information content (AvgIpc) is 3.88. The Balaban J connectivity index is 1.04. The topological polar surface area (TPSA) is 119 Å². The van der Waals surface area contributed by atoms with E-state index in [-0.39, 0.29) is 36.0 Å². The summed E-state index contributed by atoms with van der Waals surface area (Å²) in [5, 5.41) is 19.3. The number of para-hydroxylation sites is 4. The van der Waals surface area contributed by atoms with Crippen LogP contribution >= 0.6 is 0 Å². The highest BCUT2D eigenvalue weighted by atomic mass is 28.3. The summed E-state index contributed by atoms with van der Waals surface area (Å²) in [4.78, 5) is 33.0. The SMILES string of the molecule is COc1ccc([Si](C)(C)[C@H]2[C@H](CCn3cc(CCO)nn3)O[C@@]3(C(=O)N(Cc4ccc(N5C(=O)c6ccccc6Oc6ccccc65)cc4)c4ccccc43)[C@@H]2C)cc1. The van der Waals surface area contributed by atoms with Gasteiger partial charge in [0.25, 0.3) is 11.8 Å². The van der Waals surface area contributed by atoms with E-state index in [0.29, 0.717) is 54.4 Å². The number of anilines is 3. The Morgan fingerprint density at radius 1 is 0.847 bits per heavy atom. The minimum atomic E-state index is -2.34. The Hall–Kier alpha value is -6.08. The van der Waals surface area contributed by atoms with E-state index in [9.17, 15) is 9.90 Å². The van der Waals surface area contributed by atoms with E-state index in [1.165, 1.54) is 5.19 Å². The number of fused-ring (bicyclic) bond motifs is 4. The lowest BCUT2D eigenvalue weighted by atomic mass is 9.82. The fourth-order valence-corrected chi connectivity index (χ4v) is 13.7. The molecule has 300 valence electrons. The first-order valence-corrected chi connectivity index (χ1v) is 23.2. The lowest BCUT2D eigenvalue weighted by Gasteiger charge is -2.37. The van der Waals surface area contributed by atoms with Gasteiger partial charge in [0.15, 0.2) is 11.4 Å². The summed E-state index contributed by atoms with van der Waals surface area (Å²) >= 11 is 0. The lowest BCUT2D eigenvalue weighted by Crippen LogP contribution is -2.51. The van der Waals surface area contributed by atoms with Crippen molar-refractivity contribution in [2.24, 2.45) is 5.92 Å². The van der Waals surface area contributed by atoms with Crippen LogP contribution in [0, 0.1) is 5.92 Å². The molecule has 3 aliphatic heterocycles. The number of hydrogen-bond acceptors (Lipinski definition) is 8. The number of aliphatic hydroxyl groups is 1. The molecule has 3 aliphatic rings. The third kappa shape index (κ3) is 6.51. The number of methoxy groups -OCH3 is 1. The number of carbonyl (C=O) groups is 2. The first-order chi connectivity index (χ1) is 28.6. The van der Waals surface area contributed by atoms with E-state index in [1.54, 1.807) is 18.1 Å². The molecular formula is C47H47N5O6Si. The first kappa shape index (κ1) is 38.4. The molecule has 12 heteroatoms. The maximum atomic E-state index is 15.3. The van der Waals surface area contributed by atoms with Crippen molar-refractivity contribution in [3.8, 4) is 17.2 Å². The number of aromatic nitrogens is 3. The molecular weight excluding hydrogens is 759 g/mol. The van der Waals surface area contributed by atoms with Gasteiger partial charge in [-0.1, -0.05) is 97.1 Å². The zero-order valence-corrected chi connectivity index (χ0v) is 34.6. The van der Waals surface area contributed by atoms with Crippen molar-refractivity contribution >= 4 is 42.1 Å². The molecule has 5 aromatic carbocycles. The summed E-state index contributed by atoms with van der Waals surface area (Å²) in [6, 6.07) is 39.1. The molecule has 1 spiro atoms. The van der Waals surface area contributed by atoms with Crippen LogP contribution in [0.5, 0.6) is 17.2 Å². The Labute approximate surface area is 344 Å². The van der Waals surface area contributed by atoms with Gasteiger partial charge in [0, 0.05) is 42.9 Å². The van der Waals surface area contributed by atoms with Crippen molar-refractivity contribution in [1.82, 2.24) is 15.0 Å². The van der Waals surface area contributed by atoms with Crippen molar-refractivity contribution in [2.45, 2.75) is 63.2 Å². The number of aryl methyl sites for hydroxylation is 1. The van der Waals surface area contributed by atoms with E-state index >= 15 is 4.79 Å². The number of amides is 2. The van der Waals surface area contributed by atoms with Crippen LogP contribution in [0.1, 0.15) is 40.5 Å². The number of aliphatic hydroxyl groups excluding tert-OH is 1. The highest BCUT2D eigenvalue weighted by Gasteiger charge is 2.66. The van der Waals surface area contributed by atoms with Crippen molar-refractivity contribution in [2.75, 3.05) is 23.5 Å². The maximum Gasteiger partial charge on any atom is 0.266 e. The fraction of sp³-hybridized carbons (Fsp3) is 0.277. The van der Waals surface area contributed by atoms with Crippen LogP contribution in [0.2, 0.25) is 18.6 Å². The van der Waals surface area contributed by atoms with Crippen molar-refractivity contribution < 1.29 is 28.9 Å². The number of nitrogens with zero attached hydrogens (tertiary/aromatic N) is 5. The average molecular weight is 806 g/mol. The van der Waals surface area contributed by atoms with Crippen LogP contribution < -0.4 is 24.5 Å². The molecule has 1 aromatic heterocycles. The van der Waals surface area contributed by atoms with Crippen LogP contribution in [0.15, 0.2) is 128 Å². The molecule has 4 atom stereocenters. The van der Waals surface area contributed by atoms with Crippen LogP contribution in [0.25, 0.3) is 0 Å². The molecule has 9 rings (SSSR count). The molecule has 0 aliphatic carbocycles. The van der Waals surface area contributed by atoms with Gasteiger partial charge in [-0.2, -0.15) is 0 Å². The lowest BCUT2D eigenvalue weighted by molar-refractivity contribution is -0.146. The van der Waals surface area contributed by atoms with E-state index < -0.39 is 13.7 Å². The molecule has 1 fully saturated rings. The second kappa shape index (κ2) is 15.3. The molecule has 0 bridgehead atoms. The maximum absolute atomic E-state index is 15.3. The van der Waals surface area contributed by atoms with E-state index in [1.807, 2.05) is 113 Å². The fourth-order valence-electron chi connectivity index (χ4n) is 9.63. The molecule has 0 saturated carbocycles. The van der Waals surface area contributed by atoms with Crippen molar-refractivity contribution in [1.29, 1.82) is 0 Å². The number of carbonyl (C=O) groups excluding carboxylic acids is 2. The molecule has 2 amide bonds. The zero-order valence-electron chi connectivity index (χ0n) is 33.6. The minimum Gasteiger partial charge on any atom is -0.497 e. The molecule has 59 heavy (non-hydrogen) atoms. The largest absolute Gasteiger partial charge is 0.497 e. The van der Waals surface area contributed by atoms with E-state index in [0.717, 1.165) is 28.3 Å². The normalized spacial score (nSPS) is 20.9. The molecule has 0 unspecified atom stereocenters. The molecule has 11 nitrogen and oxygen atoms in total. The summed E-state index contributed by atoms with van der Waals surface area (Å²) in [6.45, 7) is 7.84. The molecule has 4 heterocycles. The predicted molar refractivity (Wildman–Crippen MR) is 229 cm³/mol. The van der Waals surface area contributed by atoms with Crippen LogP contribution in [-0.2, 0) is 34.6 Å². The van der Waals surface area contributed by atoms with Crippen molar-refractivity contribution in [3.05, 3.63) is 150 Å². The molecule has 1 N–H and O–H groups in total. The van der Waals surface area contributed by atoms with Crippen molar-refractivity contribution in [3.63, 3.8) is 0 Å². The van der Waals surface area contributed by atoms with Gasteiger partial charge < -0.3 is 24.2 Å². The first-order valence-electron chi connectivity index (χ1n) is 20.2. The smallest absolute Gasteiger partial charge is 0.266 e. The van der Waals surface area contributed by atoms with E-state index in [2.05, 4.69) is 48.5 Å². The van der Waals surface area contributed by atoms with Gasteiger partial charge in [0.1, 0.15) is 11.5 Å². The summed E-state index contributed by atoms with van der Waals surface area (Å²) in [5.41, 5.74) is 4.07. The number of benzene rings is 5. The Kier molecular flexibility index (Phi) is 9.94. The van der Waals surface area contributed by atoms with Crippen LogP contribution in [0.3, 0.4) is 0 Å². The second-order valence-electron chi connectivity index (χ2n) is 16.2. The highest BCUT2D eigenvalue weighted by Crippen LogP contribution is 2.60. The predicted octanol–water partition coefficient (Wildman–Crippen LogP) is 7.76. The Morgan fingerprint density at radius 3 is 2.29 bits per heavy atom. The second-order valence-corrected chi connectivity index (χ2v) is 20.9. The summed E-state index contributed by atoms with van der Waals surface area (Å²) < 4.78 is 20.9. The quantitative estimate of drug-likeness (QED) is 0.132. The summed E-state index contributed by atoms with van der Waals surface area (Å²) in [5.74, 6) is 1.50. The Bertz CT molecular complexity index is 2520. The summed E-state index contributed by atoms with van der Waals surface area (Å²) in [6.07, 6.45) is 2.70. The van der Waals surface area contributed by atoms with E-state index in [4.69, 9.17) is 14.2 Å². The van der Waals surface area contributed by atoms with Gasteiger partial charge in [-0.3, -0.25) is 19.2 Å². The monoisotopic (exact) mass is 805 g/mol. The van der Waals surface area contributed by atoms with Gasteiger partial charge in [-0.15, -0.1) is 5.10 Å². The molecule has 1 saturated heterocycles. The number of ether oxygens (including phenoxy) is 3. The highest BCUT2D eigenvalue weighted by molar-refractivity contribution is 6.91. The number of rotatable bonds is 11. The van der Waals surface area contributed by atoms with Crippen LogP contribution in [-0.4, -0.2) is 59.8 Å². The van der Waals surface area contributed by atoms with Gasteiger partial charge in [-0.25, -0.2) is 0 Å². The minimum absolute atomic E-state index is 0.00739. The van der Waals surface area contributed by atoms with Gasteiger partial charge in [0.05, 0.1) is 50.5 Å². The van der Waals surface area contributed by atoms with Gasteiger partial charge in [-0.05, 0) is 72.1 Å². The Morgan fingerprint density at radius 2 is 1.54 bits per heavy atom. The standard InChI is InChI=1S/C47H47N5O6Si/c1-31-44(59(3,4)36-23-21-35(56-2)22-24-36)43(25-27-50-30-33(26-28-53)48-49-50)58-47(31)38-12-6-7-13-39(38)51(46(47)55)29-32-17-19-34(20-18-32)52-40-14-8-10-16-42(40)57-41-15-9-5-11-37(41)45(52)54/h5-24,30-31,43-44,53H,25-29H2,1-4H3/t31-,43+,44-,47+/m1/s1. The third-order valence-electron chi connectivity index (χ3n) is 12.5. The van der Waals surface area contributed by atoms with Gasteiger partial charge in [0.2, 0.25) is 0 Å². The molecule has 6 aromatic rings. The third-order valence-corrected chi connectivity index (χ3v) is 16.9. The number of hydrogen-bond donors (Lipinski definition) is 1. The molecule has 0 radical (unpaired) electrons. The van der Waals surface area contributed by atoms with Crippen LogP contribution in [0.4, 0.5) is 17.1 Å². The zero-order chi connectivity index (χ0) is 40.9.